The molecule has 1 heterocycles. The SMILES string of the molecule is CCOC(=O)[C@@H]1CCCN(CC(=O)NCC(=O)Nc2ccc(F)c(F)c2F)C1. The predicted octanol–water partition coefficient (Wildman–Crippen LogP) is 1.43. The van der Waals surface area contributed by atoms with Crippen LogP contribution in [0.5, 0.6) is 0 Å². The van der Waals surface area contributed by atoms with Gasteiger partial charge in [0.15, 0.2) is 17.5 Å². The smallest absolute Gasteiger partial charge is 0.310 e. The zero-order valence-electron chi connectivity index (χ0n) is 15.4. The lowest BCUT2D eigenvalue weighted by molar-refractivity contribution is -0.150. The van der Waals surface area contributed by atoms with Crippen LogP contribution >= 0.6 is 0 Å². The van der Waals surface area contributed by atoms with Gasteiger partial charge in [0, 0.05) is 6.54 Å². The molecule has 1 atom stereocenters. The Hall–Kier alpha value is -2.62. The molecule has 1 fully saturated rings. The number of esters is 1. The molecule has 1 aromatic rings. The van der Waals surface area contributed by atoms with E-state index in [-0.39, 0.29) is 18.4 Å². The summed E-state index contributed by atoms with van der Waals surface area (Å²) >= 11 is 0. The Morgan fingerprint density at radius 1 is 1.18 bits per heavy atom. The number of rotatable bonds is 7. The summed E-state index contributed by atoms with van der Waals surface area (Å²) in [4.78, 5) is 37.4. The summed E-state index contributed by atoms with van der Waals surface area (Å²) in [6, 6.07) is 1.57. The molecule has 154 valence electrons. The molecule has 0 bridgehead atoms. The van der Waals surface area contributed by atoms with Crippen molar-refractivity contribution in [1.82, 2.24) is 10.2 Å². The van der Waals surface area contributed by atoms with Crippen LogP contribution in [-0.4, -0.2) is 55.5 Å². The Bertz CT molecular complexity index is 745. The van der Waals surface area contributed by atoms with E-state index < -0.39 is 41.5 Å². The lowest BCUT2D eigenvalue weighted by Gasteiger charge is -2.30. The first-order chi connectivity index (χ1) is 13.3. The Morgan fingerprint density at radius 3 is 2.64 bits per heavy atom. The molecule has 1 aliphatic rings. The number of carbonyl (C=O) groups excluding carboxylic acids is 3. The second-order valence-electron chi connectivity index (χ2n) is 6.37. The molecular formula is C18H22F3N3O4. The zero-order chi connectivity index (χ0) is 20.7. The average Bonchev–Trinajstić information content (AvgIpc) is 2.67. The van der Waals surface area contributed by atoms with Crippen molar-refractivity contribution in [3.63, 3.8) is 0 Å². The van der Waals surface area contributed by atoms with E-state index in [4.69, 9.17) is 4.74 Å². The number of hydrogen-bond acceptors (Lipinski definition) is 5. The summed E-state index contributed by atoms with van der Waals surface area (Å²) < 4.78 is 44.5. The van der Waals surface area contributed by atoms with Gasteiger partial charge in [-0.25, -0.2) is 13.2 Å². The first-order valence-corrected chi connectivity index (χ1v) is 8.90. The van der Waals surface area contributed by atoms with Crippen molar-refractivity contribution < 1.29 is 32.3 Å². The van der Waals surface area contributed by atoms with Crippen molar-refractivity contribution >= 4 is 23.5 Å². The molecular weight excluding hydrogens is 379 g/mol. The molecule has 1 saturated heterocycles. The third kappa shape index (κ3) is 5.95. The molecule has 2 amide bonds. The number of benzene rings is 1. The van der Waals surface area contributed by atoms with Crippen LogP contribution in [0.15, 0.2) is 12.1 Å². The summed E-state index contributed by atoms with van der Waals surface area (Å²) in [5.74, 6) is -6.40. The number of halogens is 3. The van der Waals surface area contributed by atoms with Crippen LogP contribution in [0.3, 0.4) is 0 Å². The average molecular weight is 401 g/mol. The van der Waals surface area contributed by atoms with Crippen LogP contribution in [0.1, 0.15) is 19.8 Å². The fourth-order valence-electron chi connectivity index (χ4n) is 2.91. The zero-order valence-corrected chi connectivity index (χ0v) is 15.4. The summed E-state index contributed by atoms with van der Waals surface area (Å²) in [6.07, 6.45) is 1.44. The normalized spacial score (nSPS) is 17.1. The lowest BCUT2D eigenvalue weighted by atomic mass is 9.98. The van der Waals surface area contributed by atoms with Gasteiger partial charge in [-0.15, -0.1) is 0 Å². The van der Waals surface area contributed by atoms with Gasteiger partial charge >= 0.3 is 5.97 Å². The molecule has 0 saturated carbocycles. The molecule has 0 spiro atoms. The van der Waals surface area contributed by atoms with Gasteiger partial charge in [-0.2, -0.15) is 0 Å². The number of ether oxygens (including phenoxy) is 1. The molecule has 0 aromatic heterocycles. The largest absolute Gasteiger partial charge is 0.466 e. The van der Waals surface area contributed by atoms with Crippen LogP contribution in [0.2, 0.25) is 0 Å². The van der Waals surface area contributed by atoms with Gasteiger partial charge < -0.3 is 15.4 Å². The topological polar surface area (TPSA) is 87.7 Å². The maximum absolute atomic E-state index is 13.5. The highest BCUT2D eigenvalue weighted by Gasteiger charge is 2.27. The Labute approximate surface area is 160 Å². The first-order valence-electron chi connectivity index (χ1n) is 8.90. The third-order valence-corrected chi connectivity index (χ3v) is 4.25. The van der Waals surface area contributed by atoms with Gasteiger partial charge in [0.25, 0.3) is 0 Å². The van der Waals surface area contributed by atoms with Crippen LogP contribution in [-0.2, 0) is 19.1 Å². The molecule has 1 aromatic carbocycles. The van der Waals surface area contributed by atoms with Crippen molar-refractivity contribution in [3.05, 3.63) is 29.6 Å². The standard InChI is InChI=1S/C18H22F3N3O4/c1-2-28-18(27)11-4-3-7-24(9-11)10-15(26)22-8-14(25)23-13-6-5-12(19)16(20)17(13)21/h5-6,11H,2-4,7-10H2,1H3,(H,22,26)(H,23,25)/t11-/m1/s1. The number of hydrogen-bond donors (Lipinski definition) is 2. The van der Waals surface area contributed by atoms with Gasteiger partial charge in [-0.05, 0) is 38.4 Å². The van der Waals surface area contributed by atoms with Crippen LogP contribution in [0.4, 0.5) is 18.9 Å². The number of carbonyl (C=O) groups is 3. The molecule has 0 aliphatic carbocycles. The van der Waals surface area contributed by atoms with Crippen molar-refractivity contribution in [2.75, 3.05) is 38.1 Å². The Kier molecular flexibility index (Phi) is 7.80. The molecule has 7 nitrogen and oxygen atoms in total. The maximum atomic E-state index is 13.5. The van der Waals surface area contributed by atoms with Crippen molar-refractivity contribution in [3.8, 4) is 0 Å². The number of piperidine rings is 1. The van der Waals surface area contributed by atoms with Crippen molar-refractivity contribution in [2.45, 2.75) is 19.8 Å². The predicted molar refractivity (Wildman–Crippen MR) is 93.8 cm³/mol. The van der Waals surface area contributed by atoms with E-state index in [2.05, 4.69) is 10.6 Å². The summed E-state index contributed by atoms with van der Waals surface area (Å²) in [5.41, 5.74) is -0.522. The third-order valence-electron chi connectivity index (χ3n) is 4.25. The minimum atomic E-state index is -1.69. The lowest BCUT2D eigenvalue weighted by Crippen LogP contribution is -2.45. The second kappa shape index (κ2) is 10.1. The molecule has 28 heavy (non-hydrogen) atoms. The number of anilines is 1. The first kappa shape index (κ1) is 21.7. The van der Waals surface area contributed by atoms with E-state index in [0.29, 0.717) is 32.2 Å². The summed E-state index contributed by atoms with van der Waals surface area (Å²) in [7, 11) is 0. The van der Waals surface area contributed by atoms with E-state index >= 15 is 0 Å². The minimum Gasteiger partial charge on any atom is -0.466 e. The van der Waals surface area contributed by atoms with Crippen molar-refractivity contribution in [1.29, 1.82) is 0 Å². The molecule has 0 radical (unpaired) electrons. The molecule has 2 rings (SSSR count). The fraction of sp³-hybridized carbons (Fsp3) is 0.500. The van der Waals surface area contributed by atoms with Gasteiger partial charge in [0.1, 0.15) is 0 Å². The van der Waals surface area contributed by atoms with Crippen LogP contribution < -0.4 is 10.6 Å². The Balaban J connectivity index is 1.78. The van der Waals surface area contributed by atoms with Crippen molar-refractivity contribution in [2.24, 2.45) is 5.92 Å². The molecule has 2 N–H and O–H groups in total. The van der Waals surface area contributed by atoms with Gasteiger partial charge in [0.2, 0.25) is 11.8 Å². The van der Waals surface area contributed by atoms with E-state index in [9.17, 15) is 27.6 Å². The van der Waals surface area contributed by atoms with Gasteiger partial charge in [-0.3, -0.25) is 19.3 Å². The molecule has 1 aliphatic heterocycles. The highest BCUT2D eigenvalue weighted by atomic mass is 19.2. The highest BCUT2D eigenvalue weighted by Crippen LogP contribution is 2.19. The number of amides is 2. The van der Waals surface area contributed by atoms with Crippen LogP contribution in [0, 0.1) is 23.4 Å². The Morgan fingerprint density at radius 2 is 1.93 bits per heavy atom. The molecule has 0 unspecified atom stereocenters. The van der Waals surface area contributed by atoms with E-state index in [1.54, 1.807) is 11.8 Å². The van der Waals surface area contributed by atoms with E-state index in [1.807, 2.05) is 0 Å². The minimum absolute atomic E-state index is 0.0112. The summed E-state index contributed by atoms with van der Waals surface area (Å²) in [5, 5.41) is 4.43. The molecule has 10 heteroatoms. The number of nitrogens with zero attached hydrogens (tertiary/aromatic N) is 1. The number of nitrogens with one attached hydrogen (secondary N) is 2. The monoisotopic (exact) mass is 401 g/mol. The highest BCUT2D eigenvalue weighted by molar-refractivity contribution is 5.94. The van der Waals surface area contributed by atoms with E-state index in [0.717, 1.165) is 12.5 Å². The quantitative estimate of drug-likeness (QED) is 0.533. The van der Waals surface area contributed by atoms with Gasteiger partial charge in [-0.1, -0.05) is 0 Å². The fourth-order valence-corrected chi connectivity index (χ4v) is 2.91. The summed E-state index contributed by atoms with van der Waals surface area (Å²) in [6.45, 7) is 2.57. The van der Waals surface area contributed by atoms with Crippen LogP contribution in [0.25, 0.3) is 0 Å². The second-order valence-corrected chi connectivity index (χ2v) is 6.37. The maximum Gasteiger partial charge on any atom is 0.310 e. The van der Waals surface area contributed by atoms with E-state index in [1.165, 1.54) is 0 Å². The number of likely N-dealkylation sites (tertiary alicyclic amines) is 1. The van der Waals surface area contributed by atoms with Gasteiger partial charge in [0.05, 0.1) is 31.3 Å².